The van der Waals surface area contributed by atoms with Crippen molar-refractivity contribution >= 4 is 33.0 Å². The van der Waals surface area contributed by atoms with Crippen molar-refractivity contribution in [3.63, 3.8) is 0 Å². The number of hydrogen-bond acceptors (Lipinski definition) is 7. The molecule has 2 amide bonds. The van der Waals surface area contributed by atoms with E-state index in [1.807, 2.05) is 18.2 Å². The Labute approximate surface area is 244 Å². The molecule has 0 radical (unpaired) electrons. The number of nitrogens with zero attached hydrogens (tertiary/aromatic N) is 3. The van der Waals surface area contributed by atoms with Crippen LogP contribution in [0, 0.1) is 0 Å². The standard InChI is InChI=1S/C31H44N4O5S/c1-24(36)35(20-19-33-15-7-8-16-33)28-23-29(34-17-12-26(13-18-34)25-10-5-4-6-11-25)30(41(3,38)39)22-27(28)31(37)32-14-9-21-40-2/h4-6,10-11,22-23,26H,7-9,12-21H2,1-3H3,(H,32,37). The number of sulfone groups is 1. The van der Waals surface area contributed by atoms with Crippen molar-refractivity contribution in [1.29, 1.82) is 0 Å². The van der Waals surface area contributed by atoms with Crippen LogP contribution in [0.5, 0.6) is 0 Å². The zero-order valence-electron chi connectivity index (χ0n) is 24.6. The van der Waals surface area contributed by atoms with Crippen molar-refractivity contribution < 1.29 is 22.7 Å². The van der Waals surface area contributed by atoms with Crippen LogP contribution in [0.1, 0.15) is 60.9 Å². The molecule has 9 nitrogen and oxygen atoms in total. The van der Waals surface area contributed by atoms with E-state index < -0.39 is 15.7 Å². The Bertz CT molecular complexity index is 1290. The lowest BCUT2D eigenvalue weighted by molar-refractivity contribution is -0.116. The third-order valence-corrected chi connectivity index (χ3v) is 9.27. The molecule has 2 heterocycles. The highest BCUT2D eigenvalue weighted by Gasteiger charge is 2.30. The average molecular weight is 585 g/mol. The van der Waals surface area contributed by atoms with Crippen molar-refractivity contribution in [3.8, 4) is 0 Å². The summed E-state index contributed by atoms with van der Waals surface area (Å²) in [6.07, 6.45) is 5.85. The maximum atomic E-state index is 13.5. The monoisotopic (exact) mass is 584 g/mol. The van der Waals surface area contributed by atoms with Gasteiger partial charge in [0.2, 0.25) is 5.91 Å². The van der Waals surface area contributed by atoms with E-state index in [1.54, 1.807) is 18.1 Å². The van der Waals surface area contributed by atoms with E-state index in [2.05, 4.69) is 27.2 Å². The topological polar surface area (TPSA) is 99.3 Å². The predicted molar refractivity (Wildman–Crippen MR) is 163 cm³/mol. The van der Waals surface area contributed by atoms with Gasteiger partial charge in [0.25, 0.3) is 5.91 Å². The molecular formula is C31H44N4O5S. The zero-order chi connectivity index (χ0) is 29.4. The molecule has 0 aromatic heterocycles. The second kappa shape index (κ2) is 14.3. The highest BCUT2D eigenvalue weighted by atomic mass is 32.2. The molecule has 0 atom stereocenters. The van der Waals surface area contributed by atoms with E-state index in [-0.39, 0.29) is 16.4 Å². The van der Waals surface area contributed by atoms with Gasteiger partial charge in [0.1, 0.15) is 0 Å². The van der Waals surface area contributed by atoms with Gasteiger partial charge in [-0.25, -0.2) is 8.42 Å². The minimum absolute atomic E-state index is 0.115. The molecule has 4 rings (SSSR count). The van der Waals surface area contributed by atoms with Crippen LogP contribution in [0.4, 0.5) is 11.4 Å². The quantitative estimate of drug-likeness (QED) is 0.380. The molecule has 0 bridgehead atoms. The van der Waals surface area contributed by atoms with Crippen LogP contribution in [-0.4, -0.2) is 90.9 Å². The van der Waals surface area contributed by atoms with Crippen molar-refractivity contribution in [2.75, 3.05) is 75.6 Å². The smallest absolute Gasteiger partial charge is 0.253 e. The number of likely N-dealkylation sites (tertiary alicyclic amines) is 1. The molecule has 0 saturated carbocycles. The van der Waals surface area contributed by atoms with Gasteiger partial charge in [-0.2, -0.15) is 0 Å². The summed E-state index contributed by atoms with van der Waals surface area (Å²) in [5.41, 5.74) is 2.50. The van der Waals surface area contributed by atoms with Crippen LogP contribution >= 0.6 is 0 Å². The number of methoxy groups -OCH3 is 1. The summed E-state index contributed by atoms with van der Waals surface area (Å²) in [4.78, 5) is 32.7. The van der Waals surface area contributed by atoms with Gasteiger partial charge >= 0.3 is 0 Å². The molecule has 0 aliphatic carbocycles. The number of ether oxygens (including phenoxy) is 1. The summed E-state index contributed by atoms with van der Waals surface area (Å²) in [6, 6.07) is 13.6. The van der Waals surface area contributed by atoms with Gasteiger partial charge in [-0.05, 0) is 68.8 Å². The van der Waals surface area contributed by atoms with E-state index in [0.29, 0.717) is 63.0 Å². The van der Waals surface area contributed by atoms with E-state index in [9.17, 15) is 18.0 Å². The molecule has 224 valence electrons. The molecule has 2 aliphatic heterocycles. The molecule has 2 aliphatic rings. The van der Waals surface area contributed by atoms with Crippen LogP contribution in [0.15, 0.2) is 47.4 Å². The van der Waals surface area contributed by atoms with Crippen molar-refractivity contribution in [3.05, 3.63) is 53.6 Å². The highest BCUT2D eigenvalue weighted by molar-refractivity contribution is 7.90. The molecule has 41 heavy (non-hydrogen) atoms. The van der Waals surface area contributed by atoms with Gasteiger partial charge in [-0.3, -0.25) is 9.59 Å². The van der Waals surface area contributed by atoms with Crippen LogP contribution < -0.4 is 15.1 Å². The van der Waals surface area contributed by atoms with Crippen LogP contribution in [0.2, 0.25) is 0 Å². The lowest BCUT2D eigenvalue weighted by atomic mass is 9.89. The normalized spacial score (nSPS) is 16.6. The van der Waals surface area contributed by atoms with Gasteiger partial charge < -0.3 is 24.8 Å². The van der Waals surface area contributed by atoms with Gasteiger partial charge in [-0.15, -0.1) is 0 Å². The second-order valence-electron chi connectivity index (χ2n) is 11.1. The maximum absolute atomic E-state index is 13.5. The SMILES string of the molecule is COCCCNC(=O)c1cc(S(C)(=O)=O)c(N2CCC(c3ccccc3)CC2)cc1N(CCN1CCCC1)C(C)=O. The van der Waals surface area contributed by atoms with Crippen molar-refractivity contribution in [2.45, 2.75) is 49.8 Å². The van der Waals surface area contributed by atoms with Gasteiger partial charge in [0, 0.05) is 59.6 Å². The van der Waals surface area contributed by atoms with E-state index in [1.165, 1.54) is 24.8 Å². The first-order valence-corrected chi connectivity index (χ1v) is 16.5. The molecule has 1 N–H and O–H groups in total. The summed E-state index contributed by atoms with van der Waals surface area (Å²) in [6.45, 7) is 6.83. The lowest BCUT2D eigenvalue weighted by Crippen LogP contribution is -2.39. The Balaban J connectivity index is 1.70. The van der Waals surface area contributed by atoms with E-state index in [4.69, 9.17) is 4.74 Å². The average Bonchev–Trinajstić information content (AvgIpc) is 3.48. The van der Waals surface area contributed by atoms with E-state index in [0.717, 1.165) is 38.8 Å². The van der Waals surface area contributed by atoms with Crippen molar-refractivity contribution in [1.82, 2.24) is 10.2 Å². The van der Waals surface area contributed by atoms with Crippen molar-refractivity contribution in [2.24, 2.45) is 0 Å². The third-order valence-electron chi connectivity index (χ3n) is 8.15. The fourth-order valence-electron chi connectivity index (χ4n) is 5.89. The largest absolute Gasteiger partial charge is 0.385 e. The molecule has 2 aromatic carbocycles. The number of rotatable bonds is 12. The third kappa shape index (κ3) is 8.08. The van der Waals surface area contributed by atoms with Gasteiger partial charge in [0.05, 0.1) is 21.8 Å². The second-order valence-corrected chi connectivity index (χ2v) is 13.1. The number of anilines is 2. The molecule has 2 fully saturated rings. The number of hydrogen-bond donors (Lipinski definition) is 1. The first-order valence-electron chi connectivity index (χ1n) is 14.6. The van der Waals surface area contributed by atoms with Crippen LogP contribution in [0.3, 0.4) is 0 Å². The van der Waals surface area contributed by atoms with E-state index >= 15 is 0 Å². The summed E-state index contributed by atoms with van der Waals surface area (Å²) in [5, 5.41) is 2.89. The number of carbonyl (C=O) groups excluding carboxylic acids is 2. The van der Waals surface area contributed by atoms with Crippen LogP contribution in [0.25, 0.3) is 0 Å². The highest BCUT2D eigenvalue weighted by Crippen LogP contribution is 2.38. The fraction of sp³-hybridized carbons (Fsp3) is 0.548. The Morgan fingerprint density at radius 3 is 2.34 bits per heavy atom. The zero-order valence-corrected chi connectivity index (χ0v) is 25.4. The Kier molecular flexibility index (Phi) is 10.8. The Hall–Kier alpha value is -2.95. The maximum Gasteiger partial charge on any atom is 0.253 e. The fourth-order valence-corrected chi connectivity index (χ4v) is 6.79. The van der Waals surface area contributed by atoms with Crippen LogP contribution in [-0.2, 0) is 19.4 Å². The minimum atomic E-state index is -3.68. The molecule has 0 spiro atoms. The number of nitrogens with one attached hydrogen (secondary N) is 1. The first-order chi connectivity index (χ1) is 19.7. The summed E-state index contributed by atoms with van der Waals surface area (Å²) in [5.74, 6) is -0.179. The lowest BCUT2D eigenvalue weighted by Gasteiger charge is -2.36. The number of piperidine rings is 1. The number of benzene rings is 2. The molecular weight excluding hydrogens is 540 g/mol. The Morgan fingerprint density at radius 1 is 1.05 bits per heavy atom. The number of amides is 2. The van der Waals surface area contributed by atoms with Gasteiger partial charge in [0.15, 0.2) is 9.84 Å². The summed E-state index contributed by atoms with van der Waals surface area (Å²) < 4.78 is 31.3. The number of carbonyl (C=O) groups is 2. The predicted octanol–water partition coefficient (Wildman–Crippen LogP) is 3.69. The summed E-state index contributed by atoms with van der Waals surface area (Å²) >= 11 is 0. The summed E-state index contributed by atoms with van der Waals surface area (Å²) in [7, 11) is -2.07. The molecule has 10 heteroatoms. The molecule has 2 aromatic rings. The Morgan fingerprint density at radius 2 is 1.73 bits per heavy atom. The first kappa shape index (κ1) is 31.0. The van der Waals surface area contributed by atoms with Gasteiger partial charge in [-0.1, -0.05) is 30.3 Å². The minimum Gasteiger partial charge on any atom is -0.385 e. The molecule has 2 saturated heterocycles. The molecule has 0 unspecified atom stereocenters.